The maximum absolute atomic E-state index is 12.1. The smallest absolute Gasteiger partial charge is 0.248 e. The molecule has 1 saturated carbocycles. The maximum atomic E-state index is 12.1. The van der Waals surface area contributed by atoms with Gasteiger partial charge in [0.1, 0.15) is 0 Å². The van der Waals surface area contributed by atoms with Crippen molar-refractivity contribution in [3.63, 3.8) is 0 Å². The van der Waals surface area contributed by atoms with Crippen molar-refractivity contribution in [3.05, 3.63) is 40.2 Å². The molecule has 0 bridgehead atoms. The number of pyridine rings is 1. The third-order valence-corrected chi connectivity index (χ3v) is 4.54. The number of fused-ring (bicyclic) bond motifs is 1. The molecule has 1 aromatic heterocycles. The second-order valence-electron chi connectivity index (χ2n) is 6.18. The second kappa shape index (κ2) is 6.34. The number of carbonyl (C=O) groups excluding carboxylic acids is 1. The summed E-state index contributed by atoms with van der Waals surface area (Å²) in [5.41, 5.74) is 2.46. The molecule has 4 heteroatoms. The summed E-state index contributed by atoms with van der Waals surface area (Å²) in [7, 11) is 0. The molecule has 1 aliphatic rings. The van der Waals surface area contributed by atoms with Crippen LogP contribution in [0.25, 0.3) is 10.9 Å². The van der Waals surface area contributed by atoms with Gasteiger partial charge in [-0.1, -0.05) is 25.8 Å². The van der Waals surface area contributed by atoms with E-state index in [1.54, 1.807) is 6.07 Å². The van der Waals surface area contributed by atoms with Gasteiger partial charge in [0.05, 0.1) is 5.52 Å². The third kappa shape index (κ3) is 3.21. The molecular formula is C18H22N2O2. The molecule has 0 saturated heterocycles. The number of aryl methyl sites for hydroxylation is 1. The van der Waals surface area contributed by atoms with Crippen molar-refractivity contribution in [2.45, 2.75) is 45.4 Å². The first-order valence-corrected chi connectivity index (χ1v) is 8.11. The van der Waals surface area contributed by atoms with Crippen LogP contribution >= 0.6 is 0 Å². The highest BCUT2D eigenvalue weighted by atomic mass is 16.1. The van der Waals surface area contributed by atoms with Gasteiger partial charge in [-0.25, -0.2) is 0 Å². The first kappa shape index (κ1) is 14.8. The van der Waals surface area contributed by atoms with E-state index in [1.165, 1.54) is 12.8 Å². The highest BCUT2D eigenvalue weighted by molar-refractivity contribution is 5.94. The Morgan fingerprint density at radius 1 is 1.27 bits per heavy atom. The van der Waals surface area contributed by atoms with Crippen molar-refractivity contribution in [1.29, 1.82) is 0 Å². The summed E-state index contributed by atoms with van der Waals surface area (Å²) in [6.45, 7) is 2.03. The lowest BCUT2D eigenvalue weighted by Gasteiger charge is -2.11. The van der Waals surface area contributed by atoms with Gasteiger partial charge in [-0.2, -0.15) is 0 Å². The topological polar surface area (TPSA) is 62.0 Å². The van der Waals surface area contributed by atoms with Crippen LogP contribution in [-0.4, -0.2) is 10.9 Å². The van der Waals surface area contributed by atoms with Gasteiger partial charge < -0.3 is 10.3 Å². The number of H-pyrrole nitrogens is 1. The summed E-state index contributed by atoms with van der Waals surface area (Å²) in [4.78, 5) is 26.6. The lowest BCUT2D eigenvalue weighted by molar-refractivity contribution is -0.117. The molecule has 2 aromatic rings. The van der Waals surface area contributed by atoms with Crippen LogP contribution in [-0.2, 0) is 11.2 Å². The second-order valence-corrected chi connectivity index (χ2v) is 6.18. The maximum Gasteiger partial charge on any atom is 0.248 e. The molecule has 0 aliphatic heterocycles. The van der Waals surface area contributed by atoms with E-state index < -0.39 is 0 Å². The number of benzene rings is 1. The highest BCUT2D eigenvalue weighted by Gasteiger charge is 2.18. The molecule has 1 heterocycles. The Hall–Kier alpha value is -2.10. The highest BCUT2D eigenvalue weighted by Crippen LogP contribution is 2.28. The number of aromatic nitrogens is 1. The van der Waals surface area contributed by atoms with Gasteiger partial charge in [-0.15, -0.1) is 0 Å². The van der Waals surface area contributed by atoms with Gasteiger partial charge in [-0.05, 0) is 42.9 Å². The molecule has 0 radical (unpaired) electrons. The van der Waals surface area contributed by atoms with Gasteiger partial charge >= 0.3 is 0 Å². The first-order valence-electron chi connectivity index (χ1n) is 8.11. The minimum atomic E-state index is -0.0983. The Morgan fingerprint density at radius 3 is 2.77 bits per heavy atom. The van der Waals surface area contributed by atoms with Crippen LogP contribution in [0.4, 0.5) is 5.69 Å². The van der Waals surface area contributed by atoms with Crippen molar-refractivity contribution in [1.82, 2.24) is 4.98 Å². The Labute approximate surface area is 129 Å². The third-order valence-electron chi connectivity index (χ3n) is 4.54. The van der Waals surface area contributed by atoms with E-state index in [2.05, 4.69) is 10.3 Å². The SMILES string of the molecule is CCc1cc(=O)[nH]c2cc(NC(=O)CC3CCCC3)ccc12. The Morgan fingerprint density at radius 2 is 2.05 bits per heavy atom. The molecule has 2 N–H and O–H groups in total. The summed E-state index contributed by atoms with van der Waals surface area (Å²) in [5, 5.41) is 3.99. The van der Waals surface area contributed by atoms with Gasteiger partial charge in [0.2, 0.25) is 11.5 Å². The molecule has 1 aromatic carbocycles. The molecule has 0 spiro atoms. The zero-order valence-electron chi connectivity index (χ0n) is 12.9. The average Bonchev–Trinajstić information content (AvgIpc) is 2.98. The number of rotatable bonds is 4. The minimum Gasteiger partial charge on any atom is -0.326 e. The van der Waals surface area contributed by atoms with Crippen LogP contribution in [0.15, 0.2) is 29.1 Å². The van der Waals surface area contributed by atoms with Gasteiger partial charge in [0.25, 0.3) is 0 Å². The quantitative estimate of drug-likeness (QED) is 0.905. The van der Waals surface area contributed by atoms with Crippen LogP contribution in [0.2, 0.25) is 0 Å². The number of aromatic amines is 1. The predicted octanol–water partition coefficient (Wildman–Crippen LogP) is 3.61. The molecule has 3 rings (SSSR count). The van der Waals surface area contributed by atoms with E-state index in [0.29, 0.717) is 12.3 Å². The molecule has 4 nitrogen and oxygen atoms in total. The number of carbonyl (C=O) groups is 1. The zero-order chi connectivity index (χ0) is 15.5. The standard InChI is InChI=1S/C18H22N2O2/c1-2-13-10-18(22)20-16-11-14(7-8-15(13)16)19-17(21)9-12-5-3-4-6-12/h7-8,10-12H,2-6,9H2,1H3,(H,19,21)(H,20,22). The van der Waals surface area contributed by atoms with E-state index in [1.807, 2.05) is 25.1 Å². The zero-order valence-corrected chi connectivity index (χ0v) is 12.9. The van der Waals surface area contributed by atoms with Crippen LogP contribution in [0.3, 0.4) is 0 Å². The summed E-state index contributed by atoms with van der Waals surface area (Å²) in [6, 6.07) is 7.37. The van der Waals surface area contributed by atoms with Crippen molar-refractivity contribution in [2.24, 2.45) is 5.92 Å². The average molecular weight is 298 g/mol. The molecule has 1 amide bonds. The Bertz CT molecular complexity index is 742. The number of hydrogen-bond acceptors (Lipinski definition) is 2. The Balaban J connectivity index is 1.79. The molecule has 0 atom stereocenters. The number of anilines is 1. The lowest BCUT2D eigenvalue weighted by Crippen LogP contribution is -2.15. The van der Waals surface area contributed by atoms with E-state index >= 15 is 0 Å². The van der Waals surface area contributed by atoms with Gasteiger partial charge in [-0.3, -0.25) is 9.59 Å². The number of nitrogens with one attached hydrogen (secondary N) is 2. The van der Waals surface area contributed by atoms with E-state index in [9.17, 15) is 9.59 Å². The fraction of sp³-hybridized carbons (Fsp3) is 0.444. The number of hydrogen-bond donors (Lipinski definition) is 2. The first-order chi connectivity index (χ1) is 10.7. The molecule has 22 heavy (non-hydrogen) atoms. The molecular weight excluding hydrogens is 276 g/mol. The predicted molar refractivity (Wildman–Crippen MR) is 89.2 cm³/mol. The van der Waals surface area contributed by atoms with Gasteiger partial charge in [0.15, 0.2) is 0 Å². The molecule has 116 valence electrons. The monoisotopic (exact) mass is 298 g/mol. The normalized spacial score (nSPS) is 15.3. The van der Waals surface area contributed by atoms with Crippen LogP contribution in [0.1, 0.15) is 44.6 Å². The molecule has 1 fully saturated rings. The summed E-state index contributed by atoms with van der Waals surface area (Å²) >= 11 is 0. The van der Waals surface area contributed by atoms with Crippen molar-refractivity contribution < 1.29 is 4.79 Å². The molecule has 0 unspecified atom stereocenters. The summed E-state index contributed by atoms with van der Waals surface area (Å²) in [5.74, 6) is 0.604. The summed E-state index contributed by atoms with van der Waals surface area (Å²) in [6.07, 6.45) is 6.23. The minimum absolute atomic E-state index is 0.0697. The summed E-state index contributed by atoms with van der Waals surface area (Å²) < 4.78 is 0. The van der Waals surface area contributed by atoms with Crippen molar-refractivity contribution in [2.75, 3.05) is 5.32 Å². The largest absolute Gasteiger partial charge is 0.326 e. The fourth-order valence-corrected chi connectivity index (χ4v) is 3.39. The van der Waals surface area contributed by atoms with Gasteiger partial charge in [0, 0.05) is 23.6 Å². The van der Waals surface area contributed by atoms with Crippen molar-refractivity contribution >= 4 is 22.5 Å². The molecule has 1 aliphatic carbocycles. The van der Waals surface area contributed by atoms with Crippen LogP contribution < -0.4 is 10.9 Å². The van der Waals surface area contributed by atoms with E-state index in [4.69, 9.17) is 0 Å². The Kier molecular flexibility index (Phi) is 4.27. The van der Waals surface area contributed by atoms with Crippen LogP contribution in [0, 0.1) is 5.92 Å². The van der Waals surface area contributed by atoms with Crippen LogP contribution in [0.5, 0.6) is 0 Å². The van der Waals surface area contributed by atoms with E-state index in [0.717, 1.165) is 41.4 Å². The van der Waals surface area contributed by atoms with Crippen molar-refractivity contribution in [3.8, 4) is 0 Å². The lowest BCUT2D eigenvalue weighted by atomic mass is 10.0. The fourth-order valence-electron chi connectivity index (χ4n) is 3.39. The van der Waals surface area contributed by atoms with E-state index in [-0.39, 0.29) is 11.5 Å². The number of amides is 1.